The van der Waals surface area contributed by atoms with Crippen molar-refractivity contribution in [2.45, 2.75) is 63.2 Å². The number of carboxylic acids is 1. The maximum atomic E-state index is 13.0. The van der Waals surface area contributed by atoms with E-state index in [0.29, 0.717) is 12.0 Å². The van der Waals surface area contributed by atoms with Gasteiger partial charge in [0.1, 0.15) is 18.1 Å². The summed E-state index contributed by atoms with van der Waals surface area (Å²) >= 11 is 0. The molecule has 12 N–H and O–H groups in total. The van der Waals surface area contributed by atoms with Gasteiger partial charge in [0.25, 0.3) is 0 Å². The van der Waals surface area contributed by atoms with E-state index in [2.05, 4.69) is 20.9 Å². The molecule has 204 valence electrons. The number of amides is 4. The molecule has 0 aromatic heterocycles. The van der Waals surface area contributed by atoms with Crippen LogP contribution in [-0.2, 0) is 30.4 Å². The monoisotopic (exact) mass is 520 g/mol. The topological polar surface area (TPSA) is 258 Å². The third-order valence-corrected chi connectivity index (χ3v) is 5.27. The molecule has 0 aliphatic heterocycles. The highest BCUT2D eigenvalue weighted by molar-refractivity contribution is 5.94. The standard InChI is InChI=1S/C23H36N8O6/c1-13(29-20(34)15(24)9-10-18(25)32)19(33)30-16(8-5-11-28-23(26)27)21(35)31-17(22(36)37)12-14-6-3-2-4-7-14/h2-4,6-7,13,15-17H,5,8-12,24H2,1H3,(H2,25,32)(H,29,34)(H,30,33)(H,31,35)(H,36,37)(H4,26,27,28)/t13-,15-,16-,17-/m0/s1. The zero-order chi connectivity index (χ0) is 28.0. The summed E-state index contributed by atoms with van der Waals surface area (Å²) in [5.74, 6) is -4.09. The molecule has 4 amide bonds. The first kappa shape index (κ1) is 30.8. The van der Waals surface area contributed by atoms with Gasteiger partial charge < -0.3 is 44.0 Å². The second kappa shape index (κ2) is 15.7. The Hall–Kier alpha value is -4.20. The highest BCUT2D eigenvalue weighted by Gasteiger charge is 2.28. The lowest BCUT2D eigenvalue weighted by molar-refractivity contribution is -0.142. The number of nitrogens with one attached hydrogen (secondary N) is 3. The third-order valence-electron chi connectivity index (χ3n) is 5.27. The molecule has 14 nitrogen and oxygen atoms in total. The SMILES string of the molecule is C[C@H](NC(=O)[C@@H](N)CCC(N)=O)C(=O)N[C@@H](CCCN=C(N)N)C(=O)N[C@@H](Cc1ccccc1)C(=O)O. The molecule has 37 heavy (non-hydrogen) atoms. The van der Waals surface area contributed by atoms with Crippen LogP contribution < -0.4 is 38.9 Å². The number of carbonyl (C=O) groups excluding carboxylic acids is 4. The van der Waals surface area contributed by atoms with Crippen LogP contribution in [0.2, 0.25) is 0 Å². The van der Waals surface area contributed by atoms with Crippen molar-refractivity contribution in [1.29, 1.82) is 0 Å². The Morgan fingerprint density at radius 3 is 2.08 bits per heavy atom. The van der Waals surface area contributed by atoms with Crippen LogP contribution in [0.25, 0.3) is 0 Å². The molecule has 0 saturated carbocycles. The molecule has 0 aliphatic carbocycles. The molecule has 1 aromatic rings. The largest absolute Gasteiger partial charge is 0.480 e. The smallest absolute Gasteiger partial charge is 0.326 e. The predicted molar refractivity (Wildman–Crippen MR) is 136 cm³/mol. The van der Waals surface area contributed by atoms with Gasteiger partial charge in [-0.25, -0.2) is 4.79 Å². The number of benzene rings is 1. The summed E-state index contributed by atoms with van der Waals surface area (Å²) in [5, 5.41) is 17.0. The van der Waals surface area contributed by atoms with Crippen LogP contribution in [0, 0.1) is 0 Å². The van der Waals surface area contributed by atoms with Gasteiger partial charge in [-0.2, -0.15) is 0 Å². The summed E-state index contributed by atoms with van der Waals surface area (Å²) in [6.07, 6.45) is 0.326. The molecule has 0 fully saturated rings. The summed E-state index contributed by atoms with van der Waals surface area (Å²) in [6.45, 7) is 1.56. The van der Waals surface area contributed by atoms with Gasteiger partial charge in [-0.15, -0.1) is 0 Å². The lowest BCUT2D eigenvalue weighted by Crippen LogP contribution is -2.56. The van der Waals surface area contributed by atoms with Crippen molar-refractivity contribution in [1.82, 2.24) is 16.0 Å². The van der Waals surface area contributed by atoms with Gasteiger partial charge in [-0.05, 0) is 31.7 Å². The average Bonchev–Trinajstić information content (AvgIpc) is 2.83. The first-order valence-electron chi connectivity index (χ1n) is 11.7. The summed E-state index contributed by atoms with van der Waals surface area (Å²) in [4.78, 5) is 64.4. The number of guanidine groups is 1. The number of carboxylic acid groups (broad SMARTS) is 1. The second-order valence-corrected chi connectivity index (χ2v) is 8.44. The Bertz CT molecular complexity index is 967. The van der Waals surface area contributed by atoms with Crippen molar-refractivity contribution < 1.29 is 29.1 Å². The Morgan fingerprint density at radius 1 is 0.892 bits per heavy atom. The Morgan fingerprint density at radius 2 is 1.51 bits per heavy atom. The Balaban J connectivity index is 2.87. The van der Waals surface area contributed by atoms with Crippen molar-refractivity contribution in [2.75, 3.05) is 6.54 Å². The molecule has 0 aliphatic rings. The normalized spacial score (nSPS) is 13.8. The quantitative estimate of drug-likeness (QED) is 0.0646. The summed E-state index contributed by atoms with van der Waals surface area (Å²) in [6, 6.07) is 4.22. The number of aliphatic imine (C=N–C) groups is 1. The van der Waals surface area contributed by atoms with Crippen LogP contribution in [-0.4, -0.2) is 71.4 Å². The molecule has 1 aromatic carbocycles. The molecule has 0 spiro atoms. The number of hydrogen-bond acceptors (Lipinski definition) is 7. The molecule has 0 saturated heterocycles. The molecular weight excluding hydrogens is 484 g/mol. The maximum Gasteiger partial charge on any atom is 0.326 e. The Kier molecular flexibility index (Phi) is 13.1. The number of aliphatic carboxylic acids is 1. The zero-order valence-electron chi connectivity index (χ0n) is 20.7. The molecule has 0 radical (unpaired) electrons. The highest BCUT2D eigenvalue weighted by atomic mass is 16.4. The van der Waals surface area contributed by atoms with Gasteiger partial charge in [-0.1, -0.05) is 30.3 Å². The fourth-order valence-electron chi connectivity index (χ4n) is 3.21. The number of nitrogens with zero attached hydrogens (tertiary/aromatic N) is 1. The van der Waals surface area contributed by atoms with Crippen molar-refractivity contribution in [3.8, 4) is 0 Å². The van der Waals surface area contributed by atoms with E-state index >= 15 is 0 Å². The first-order chi connectivity index (χ1) is 17.4. The number of carbonyl (C=O) groups is 5. The third kappa shape index (κ3) is 12.4. The minimum atomic E-state index is -1.24. The number of hydrogen-bond donors (Lipinski definition) is 8. The number of rotatable bonds is 16. The van der Waals surface area contributed by atoms with Crippen LogP contribution in [0.15, 0.2) is 35.3 Å². The lowest BCUT2D eigenvalue weighted by Gasteiger charge is -2.24. The van der Waals surface area contributed by atoms with E-state index < -0.39 is 53.8 Å². The molecule has 0 unspecified atom stereocenters. The molecule has 1 rings (SSSR count). The van der Waals surface area contributed by atoms with Gasteiger partial charge in [0.05, 0.1) is 6.04 Å². The fraction of sp³-hybridized carbons (Fsp3) is 0.478. The van der Waals surface area contributed by atoms with Crippen molar-refractivity contribution in [3.05, 3.63) is 35.9 Å². The van der Waals surface area contributed by atoms with E-state index in [0.717, 1.165) is 0 Å². The van der Waals surface area contributed by atoms with Crippen molar-refractivity contribution in [2.24, 2.45) is 27.9 Å². The van der Waals surface area contributed by atoms with Gasteiger partial charge in [0.15, 0.2) is 5.96 Å². The van der Waals surface area contributed by atoms with E-state index in [4.69, 9.17) is 22.9 Å². The van der Waals surface area contributed by atoms with E-state index in [1.807, 2.05) is 0 Å². The van der Waals surface area contributed by atoms with E-state index in [-0.39, 0.29) is 38.2 Å². The van der Waals surface area contributed by atoms with Crippen LogP contribution in [0.4, 0.5) is 0 Å². The molecule has 4 atom stereocenters. The van der Waals surface area contributed by atoms with E-state index in [9.17, 15) is 29.1 Å². The zero-order valence-corrected chi connectivity index (χ0v) is 20.7. The average molecular weight is 521 g/mol. The molecule has 14 heteroatoms. The number of primary amides is 1. The predicted octanol–water partition coefficient (Wildman–Crippen LogP) is -2.57. The Labute approximate surface area is 214 Å². The second-order valence-electron chi connectivity index (χ2n) is 8.44. The molecule has 0 bridgehead atoms. The van der Waals surface area contributed by atoms with Gasteiger partial charge >= 0.3 is 5.97 Å². The van der Waals surface area contributed by atoms with Crippen molar-refractivity contribution in [3.63, 3.8) is 0 Å². The minimum Gasteiger partial charge on any atom is -0.480 e. The summed E-state index contributed by atoms with van der Waals surface area (Å²) in [7, 11) is 0. The van der Waals surface area contributed by atoms with Crippen LogP contribution in [0.3, 0.4) is 0 Å². The first-order valence-corrected chi connectivity index (χ1v) is 11.7. The summed E-state index contributed by atoms with van der Waals surface area (Å²) in [5.41, 5.74) is 22.1. The molecular formula is C23H36N8O6. The van der Waals surface area contributed by atoms with Crippen LogP contribution in [0.1, 0.15) is 38.2 Å². The highest BCUT2D eigenvalue weighted by Crippen LogP contribution is 2.06. The lowest BCUT2D eigenvalue weighted by atomic mass is 10.0. The fourth-order valence-corrected chi connectivity index (χ4v) is 3.21. The van der Waals surface area contributed by atoms with E-state index in [1.54, 1.807) is 30.3 Å². The van der Waals surface area contributed by atoms with Crippen LogP contribution >= 0.6 is 0 Å². The van der Waals surface area contributed by atoms with Gasteiger partial charge in [0, 0.05) is 19.4 Å². The number of nitrogens with two attached hydrogens (primary N) is 4. The maximum absolute atomic E-state index is 13.0. The van der Waals surface area contributed by atoms with E-state index in [1.165, 1.54) is 6.92 Å². The molecule has 0 heterocycles. The van der Waals surface area contributed by atoms with Gasteiger partial charge in [0.2, 0.25) is 23.6 Å². The van der Waals surface area contributed by atoms with Crippen LogP contribution in [0.5, 0.6) is 0 Å². The minimum absolute atomic E-state index is 0.00329. The summed E-state index contributed by atoms with van der Waals surface area (Å²) < 4.78 is 0. The van der Waals surface area contributed by atoms with Crippen molar-refractivity contribution >= 4 is 35.6 Å². The van der Waals surface area contributed by atoms with Gasteiger partial charge in [-0.3, -0.25) is 24.2 Å².